The highest BCUT2D eigenvalue weighted by Crippen LogP contribution is 2.41. The number of hydrogen-bond acceptors (Lipinski definition) is 4. The van der Waals surface area contributed by atoms with E-state index in [9.17, 15) is 14.7 Å². The van der Waals surface area contributed by atoms with Crippen LogP contribution in [0.4, 0.5) is 11.4 Å². The Morgan fingerprint density at radius 1 is 0.968 bits per heavy atom. The lowest BCUT2D eigenvalue weighted by Gasteiger charge is -2.39. The summed E-state index contributed by atoms with van der Waals surface area (Å²) >= 11 is 0. The molecule has 31 heavy (non-hydrogen) atoms. The first kappa shape index (κ1) is 20.5. The Labute approximate surface area is 180 Å². The van der Waals surface area contributed by atoms with Gasteiger partial charge in [0.2, 0.25) is 5.91 Å². The first-order valence-corrected chi connectivity index (χ1v) is 10.2. The number of rotatable bonds is 4. The summed E-state index contributed by atoms with van der Waals surface area (Å²) in [5, 5.41) is 22.2. The molecule has 3 N–H and O–H groups in total. The van der Waals surface area contributed by atoms with Gasteiger partial charge in [0.05, 0.1) is 11.6 Å². The van der Waals surface area contributed by atoms with E-state index < -0.39 is 5.97 Å². The minimum atomic E-state index is -0.957. The van der Waals surface area contributed by atoms with Crippen molar-refractivity contribution in [2.45, 2.75) is 32.4 Å². The summed E-state index contributed by atoms with van der Waals surface area (Å²) in [6.45, 7) is 3.61. The van der Waals surface area contributed by atoms with Crippen LogP contribution in [-0.4, -0.2) is 28.1 Å². The summed E-state index contributed by atoms with van der Waals surface area (Å²) in [7, 11) is 0. The third-order valence-electron chi connectivity index (χ3n) is 5.69. The van der Waals surface area contributed by atoms with Crippen LogP contribution in [0.2, 0.25) is 0 Å². The number of nitrogens with zero attached hydrogens (tertiary/aromatic N) is 1. The van der Waals surface area contributed by atoms with Gasteiger partial charge in [-0.3, -0.25) is 4.79 Å². The molecule has 6 heteroatoms. The maximum absolute atomic E-state index is 12.4. The second kappa shape index (κ2) is 8.14. The van der Waals surface area contributed by atoms with E-state index in [1.807, 2.05) is 36.1 Å². The van der Waals surface area contributed by atoms with E-state index in [0.717, 1.165) is 34.5 Å². The van der Waals surface area contributed by atoms with E-state index in [1.165, 1.54) is 0 Å². The van der Waals surface area contributed by atoms with Crippen LogP contribution in [0.3, 0.4) is 0 Å². The zero-order valence-corrected chi connectivity index (χ0v) is 17.4. The number of phenolic OH excluding ortho intramolecular Hbond substituents is 1. The highest BCUT2D eigenvalue weighted by molar-refractivity contribution is 5.94. The van der Waals surface area contributed by atoms with Crippen molar-refractivity contribution in [3.8, 4) is 16.9 Å². The smallest absolute Gasteiger partial charge is 0.335 e. The van der Waals surface area contributed by atoms with E-state index in [2.05, 4.69) is 11.4 Å². The fourth-order valence-electron chi connectivity index (χ4n) is 4.22. The molecule has 0 aromatic heterocycles. The van der Waals surface area contributed by atoms with E-state index in [4.69, 9.17) is 5.11 Å². The quantitative estimate of drug-likeness (QED) is 0.518. The number of nitrogens with one attached hydrogen (secondary N) is 1. The molecule has 3 aromatic rings. The molecule has 2 unspecified atom stereocenters. The van der Waals surface area contributed by atoms with Crippen molar-refractivity contribution in [2.75, 3.05) is 10.2 Å². The summed E-state index contributed by atoms with van der Waals surface area (Å²) in [5.41, 5.74) is 4.85. The Kier molecular flexibility index (Phi) is 5.38. The number of aromatic carboxylic acids is 1. The number of benzene rings is 3. The average molecular weight is 416 g/mol. The number of carboxylic acids is 1. The summed E-state index contributed by atoms with van der Waals surface area (Å²) in [6, 6.07) is 19.7. The SMILES string of the molecule is CC(=O)N1c2ccc(-c3ccc(C(=O)O)cc3)cc2C(Nc2ccc(O)cc2)CC1C. The normalized spacial score (nSPS) is 17.7. The molecular formula is C25H24N2O4. The minimum Gasteiger partial charge on any atom is -0.508 e. The van der Waals surface area contributed by atoms with Crippen LogP contribution in [0.25, 0.3) is 11.1 Å². The number of hydrogen-bond donors (Lipinski definition) is 3. The molecule has 1 amide bonds. The van der Waals surface area contributed by atoms with Crippen LogP contribution in [0.15, 0.2) is 66.7 Å². The molecule has 6 nitrogen and oxygen atoms in total. The molecule has 0 bridgehead atoms. The van der Waals surface area contributed by atoms with Gasteiger partial charge in [0, 0.05) is 24.3 Å². The lowest BCUT2D eigenvalue weighted by atomic mass is 9.88. The number of carbonyl (C=O) groups is 2. The van der Waals surface area contributed by atoms with Crippen molar-refractivity contribution >= 4 is 23.3 Å². The van der Waals surface area contributed by atoms with Gasteiger partial charge in [0.15, 0.2) is 0 Å². The highest BCUT2D eigenvalue weighted by Gasteiger charge is 2.32. The number of anilines is 2. The first-order chi connectivity index (χ1) is 14.8. The van der Waals surface area contributed by atoms with Crippen molar-refractivity contribution in [1.29, 1.82) is 0 Å². The molecule has 1 aliphatic heterocycles. The predicted molar refractivity (Wildman–Crippen MR) is 121 cm³/mol. The van der Waals surface area contributed by atoms with Gasteiger partial charge in [-0.15, -0.1) is 0 Å². The second-order valence-electron chi connectivity index (χ2n) is 7.87. The monoisotopic (exact) mass is 416 g/mol. The molecule has 158 valence electrons. The zero-order valence-electron chi connectivity index (χ0n) is 17.4. The van der Waals surface area contributed by atoms with Crippen molar-refractivity contribution in [1.82, 2.24) is 0 Å². The van der Waals surface area contributed by atoms with Crippen molar-refractivity contribution < 1.29 is 19.8 Å². The van der Waals surface area contributed by atoms with Gasteiger partial charge in [-0.25, -0.2) is 4.79 Å². The molecular weight excluding hydrogens is 392 g/mol. The van der Waals surface area contributed by atoms with Crippen molar-refractivity contribution in [3.63, 3.8) is 0 Å². The Morgan fingerprint density at radius 2 is 1.61 bits per heavy atom. The highest BCUT2D eigenvalue weighted by atomic mass is 16.4. The van der Waals surface area contributed by atoms with Crippen LogP contribution < -0.4 is 10.2 Å². The standard InChI is InChI=1S/C25H24N2O4/c1-15-13-23(26-20-8-10-21(29)11-9-20)22-14-19(7-12-24(22)27(15)16(2)28)17-3-5-18(6-4-17)25(30)31/h3-12,14-15,23,26,29H,13H2,1-2H3,(H,30,31). The molecule has 0 saturated carbocycles. The second-order valence-corrected chi connectivity index (χ2v) is 7.87. The number of fused-ring (bicyclic) bond motifs is 1. The van der Waals surface area contributed by atoms with E-state index in [0.29, 0.717) is 0 Å². The molecule has 4 rings (SSSR count). The maximum Gasteiger partial charge on any atom is 0.335 e. The van der Waals surface area contributed by atoms with Gasteiger partial charge in [0.25, 0.3) is 0 Å². The van der Waals surface area contributed by atoms with Crippen LogP contribution in [0.5, 0.6) is 5.75 Å². The molecule has 0 aliphatic carbocycles. The van der Waals surface area contributed by atoms with Gasteiger partial charge in [-0.2, -0.15) is 0 Å². The van der Waals surface area contributed by atoms with Gasteiger partial charge in [0.1, 0.15) is 5.75 Å². The van der Waals surface area contributed by atoms with Gasteiger partial charge >= 0.3 is 5.97 Å². The Balaban J connectivity index is 1.75. The van der Waals surface area contributed by atoms with Crippen molar-refractivity contribution in [2.24, 2.45) is 0 Å². The lowest BCUT2D eigenvalue weighted by Crippen LogP contribution is -2.43. The van der Waals surface area contributed by atoms with E-state index in [1.54, 1.807) is 43.3 Å². The Bertz CT molecular complexity index is 1120. The van der Waals surface area contributed by atoms with Crippen LogP contribution in [0, 0.1) is 0 Å². The molecule has 0 radical (unpaired) electrons. The third-order valence-corrected chi connectivity index (χ3v) is 5.69. The molecule has 0 saturated heterocycles. The molecule has 3 aromatic carbocycles. The van der Waals surface area contributed by atoms with Gasteiger partial charge in [-0.05, 0) is 78.6 Å². The van der Waals surface area contributed by atoms with Crippen LogP contribution in [-0.2, 0) is 4.79 Å². The van der Waals surface area contributed by atoms with E-state index >= 15 is 0 Å². The molecule has 1 heterocycles. The Morgan fingerprint density at radius 3 is 2.23 bits per heavy atom. The Hall–Kier alpha value is -3.80. The zero-order chi connectivity index (χ0) is 22.1. The minimum absolute atomic E-state index is 0.00426. The van der Waals surface area contributed by atoms with Gasteiger partial charge in [-0.1, -0.05) is 18.2 Å². The van der Waals surface area contributed by atoms with E-state index in [-0.39, 0.29) is 29.3 Å². The average Bonchev–Trinajstić information content (AvgIpc) is 2.75. The fourth-order valence-corrected chi connectivity index (χ4v) is 4.22. The number of amides is 1. The maximum atomic E-state index is 12.4. The lowest BCUT2D eigenvalue weighted by molar-refractivity contribution is -0.117. The number of carbonyl (C=O) groups excluding carboxylic acids is 1. The third kappa shape index (κ3) is 4.10. The summed E-state index contributed by atoms with van der Waals surface area (Å²) in [5.74, 6) is -0.755. The molecule has 2 atom stereocenters. The van der Waals surface area contributed by atoms with Crippen LogP contribution in [0.1, 0.15) is 42.2 Å². The van der Waals surface area contributed by atoms with Crippen molar-refractivity contribution in [3.05, 3.63) is 77.9 Å². The fraction of sp³-hybridized carbons (Fsp3) is 0.200. The summed E-state index contributed by atoms with van der Waals surface area (Å²) in [4.78, 5) is 25.3. The summed E-state index contributed by atoms with van der Waals surface area (Å²) in [6.07, 6.45) is 0.731. The number of phenols is 1. The first-order valence-electron chi connectivity index (χ1n) is 10.2. The largest absolute Gasteiger partial charge is 0.508 e. The van der Waals surface area contributed by atoms with Gasteiger partial charge < -0.3 is 20.4 Å². The molecule has 0 spiro atoms. The summed E-state index contributed by atoms with van der Waals surface area (Å²) < 4.78 is 0. The molecule has 0 fully saturated rings. The topological polar surface area (TPSA) is 89.9 Å². The molecule has 1 aliphatic rings. The van der Waals surface area contributed by atoms with Crippen LogP contribution >= 0.6 is 0 Å². The number of carboxylic acid groups (broad SMARTS) is 1. The predicted octanol–water partition coefficient (Wildman–Crippen LogP) is 5.06. The number of aromatic hydroxyl groups is 1.